The van der Waals surface area contributed by atoms with Crippen LogP contribution in [-0.2, 0) is 19.3 Å². The second kappa shape index (κ2) is 4.91. The molecular formula is C16H24N2. The maximum atomic E-state index is 4.94. The van der Waals surface area contributed by atoms with Gasteiger partial charge in [0, 0.05) is 12.2 Å². The minimum absolute atomic E-state index is 0.784. The molecule has 0 radical (unpaired) electrons. The van der Waals surface area contributed by atoms with Crippen LogP contribution in [0, 0.1) is 11.8 Å². The lowest BCUT2D eigenvalue weighted by atomic mass is 9.80. The third-order valence-electron chi connectivity index (χ3n) is 4.62. The smallest absolute Gasteiger partial charge is 0.129 e. The van der Waals surface area contributed by atoms with Crippen molar-refractivity contribution in [3.05, 3.63) is 22.9 Å². The molecule has 0 amide bonds. The Morgan fingerprint density at radius 2 is 2.11 bits per heavy atom. The Labute approximate surface area is 110 Å². The van der Waals surface area contributed by atoms with E-state index in [1.807, 2.05) is 0 Å². The zero-order chi connectivity index (χ0) is 12.5. The Hall–Kier alpha value is -1.05. The van der Waals surface area contributed by atoms with Gasteiger partial charge in [-0.15, -0.1) is 0 Å². The summed E-state index contributed by atoms with van der Waals surface area (Å²) in [5, 5.41) is 3.51. The van der Waals surface area contributed by atoms with Gasteiger partial charge < -0.3 is 5.32 Å². The third kappa shape index (κ3) is 2.25. The molecule has 0 spiro atoms. The minimum Gasteiger partial charge on any atom is -0.370 e. The Morgan fingerprint density at radius 1 is 1.22 bits per heavy atom. The molecule has 1 aromatic heterocycles. The van der Waals surface area contributed by atoms with Crippen LogP contribution in [0.2, 0.25) is 0 Å². The molecule has 0 saturated heterocycles. The fraction of sp³-hybridized carbons (Fsp3) is 0.688. The molecule has 2 nitrogen and oxygen atoms in total. The molecule has 0 saturated carbocycles. The molecule has 1 N–H and O–H groups in total. The number of fused-ring (bicyclic) bond motifs is 2. The van der Waals surface area contributed by atoms with E-state index in [1.54, 1.807) is 0 Å². The summed E-state index contributed by atoms with van der Waals surface area (Å²) in [7, 11) is 0. The van der Waals surface area contributed by atoms with Crippen LogP contribution in [0.3, 0.4) is 0 Å². The number of aryl methyl sites for hydroxylation is 2. The lowest BCUT2D eigenvalue weighted by Crippen LogP contribution is -2.21. The van der Waals surface area contributed by atoms with Crippen molar-refractivity contribution in [3.8, 4) is 0 Å². The van der Waals surface area contributed by atoms with Crippen molar-refractivity contribution in [1.82, 2.24) is 4.98 Å². The van der Waals surface area contributed by atoms with Crippen LogP contribution in [0.4, 0.5) is 5.82 Å². The molecule has 0 fully saturated rings. The highest BCUT2D eigenvalue weighted by atomic mass is 15.0. The van der Waals surface area contributed by atoms with E-state index in [1.165, 1.54) is 61.2 Å². The molecule has 0 aromatic carbocycles. The summed E-state index contributed by atoms with van der Waals surface area (Å²) in [5.74, 6) is 2.79. The summed E-state index contributed by atoms with van der Waals surface area (Å²) in [6, 6.07) is 2.44. The standard InChI is InChI=1S/C16H24N2/c1-11(2)12-6-7-13-9-14-5-3-4-8-17-16(14)18-15(13)10-12/h9,11-12H,3-8,10H2,1-2H3,(H,17,18). The van der Waals surface area contributed by atoms with Gasteiger partial charge >= 0.3 is 0 Å². The van der Waals surface area contributed by atoms with Gasteiger partial charge in [-0.3, -0.25) is 0 Å². The number of pyridine rings is 1. The van der Waals surface area contributed by atoms with Gasteiger partial charge in [-0.2, -0.15) is 0 Å². The highest BCUT2D eigenvalue weighted by Gasteiger charge is 2.24. The lowest BCUT2D eigenvalue weighted by molar-refractivity contribution is 0.339. The first kappa shape index (κ1) is 12.0. The van der Waals surface area contributed by atoms with Gasteiger partial charge in [0.05, 0.1) is 0 Å². The van der Waals surface area contributed by atoms with Crippen LogP contribution in [0.5, 0.6) is 0 Å². The van der Waals surface area contributed by atoms with Crippen LogP contribution in [0.15, 0.2) is 6.07 Å². The molecule has 1 unspecified atom stereocenters. The zero-order valence-electron chi connectivity index (χ0n) is 11.6. The predicted molar refractivity (Wildman–Crippen MR) is 76.0 cm³/mol. The van der Waals surface area contributed by atoms with E-state index >= 15 is 0 Å². The van der Waals surface area contributed by atoms with E-state index in [4.69, 9.17) is 4.98 Å². The van der Waals surface area contributed by atoms with Crippen molar-refractivity contribution in [2.24, 2.45) is 11.8 Å². The largest absolute Gasteiger partial charge is 0.370 e. The number of nitrogens with one attached hydrogen (secondary N) is 1. The quantitative estimate of drug-likeness (QED) is 0.816. The Balaban J connectivity index is 1.91. The third-order valence-corrected chi connectivity index (χ3v) is 4.62. The number of nitrogens with zero attached hydrogens (tertiary/aromatic N) is 1. The van der Waals surface area contributed by atoms with Gasteiger partial charge in [0.2, 0.25) is 0 Å². The Morgan fingerprint density at radius 3 is 2.94 bits per heavy atom. The van der Waals surface area contributed by atoms with Crippen molar-refractivity contribution in [2.45, 2.75) is 52.4 Å². The average molecular weight is 244 g/mol. The van der Waals surface area contributed by atoms with Crippen LogP contribution in [0.25, 0.3) is 0 Å². The van der Waals surface area contributed by atoms with Gasteiger partial charge in [-0.25, -0.2) is 4.98 Å². The van der Waals surface area contributed by atoms with Crippen LogP contribution in [-0.4, -0.2) is 11.5 Å². The molecule has 0 bridgehead atoms. The first-order valence-electron chi connectivity index (χ1n) is 7.49. The van der Waals surface area contributed by atoms with E-state index < -0.39 is 0 Å². The maximum absolute atomic E-state index is 4.94. The van der Waals surface area contributed by atoms with E-state index in [0.717, 1.165) is 18.4 Å². The highest BCUT2D eigenvalue weighted by Crippen LogP contribution is 2.32. The molecule has 3 rings (SSSR count). The fourth-order valence-corrected chi connectivity index (χ4v) is 3.28. The molecular weight excluding hydrogens is 220 g/mol. The van der Waals surface area contributed by atoms with Crippen LogP contribution >= 0.6 is 0 Å². The van der Waals surface area contributed by atoms with Crippen molar-refractivity contribution in [3.63, 3.8) is 0 Å². The summed E-state index contributed by atoms with van der Waals surface area (Å²) in [5.41, 5.74) is 4.34. The molecule has 2 heteroatoms. The number of rotatable bonds is 1. The van der Waals surface area contributed by atoms with Crippen molar-refractivity contribution in [2.75, 3.05) is 11.9 Å². The predicted octanol–water partition coefficient (Wildman–Crippen LogP) is 3.59. The van der Waals surface area contributed by atoms with E-state index in [9.17, 15) is 0 Å². The SMILES string of the molecule is CC(C)C1CCc2cc3c(nc2C1)NCCCC3. The first-order valence-corrected chi connectivity index (χ1v) is 7.49. The van der Waals surface area contributed by atoms with E-state index in [0.29, 0.717) is 0 Å². The second-order valence-electron chi connectivity index (χ2n) is 6.23. The number of hydrogen-bond acceptors (Lipinski definition) is 2. The van der Waals surface area contributed by atoms with Gasteiger partial charge in [0.1, 0.15) is 5.82 Å². The van der Waals surface area contributed by atoms with Crippen LogP contribution in [0.1, 0.15) is 49.9 Å². The van der Waals surface area contributed by atoms with Crippen molar-refractivity contribution < 1.29 is 0 Å². The zero-order valence-corrected chi connectivity index (χ0v) is 11.6. The molecule has 2 heterocycles. The summed E-state index contributed by atoms with van der Waals surface area (Å²) >= 11 is 0. The molecule has 1 aromatic rings. The molecule has 18 heavy (non-hydrogen) atoms. The van der Waals surface area contributed by atoms with Gasteiger partial charge in [0.15, 0.2) is 0 Å². The summed E-state index contributed by atoms with van der Waals surface area (Å²) in [6.07, 6.45) is 7.54. The number of aromatic nitrogens is 1. The molecule has 1 aliphatic heterocycles. The molecule has 1 atom stereocenters. The molecule has 98 valence electrons. The summed E-state index contributed by atoms with van der Waals surface area (Å²) in [6.45, 7) is 5.78. The van der Waals surface area contributed by atoms with Gasteiger partial charge in [0.25, 0.3) is 0 Å². The highest BCUT2D eigenvalue weighted by molar-refractivity contribution is 5.49. The van der Waals surface area contributed by atoms with E-state index in [2.05, 4.69) is 25.2 Å². The van der Waals surface area contributed by atoms with Gasteiger partial charge in [-0.05, 0) is 61.5 Å². The monoisotopic (exact) mass is 244 g/mol. The Kier molecular flexibility index (Phi) is 3.27. The normalized spacial score (nSPS) is 22.9. The first-order chi connectivity index (χ1) is 8.74. The Bertz CT molecular complexity index is 437. The second-order valence-corrected chi connectivity index (χ2v) is 6.23. The maximum Gasteiger partial charge on any atom is 0.129 e. The summed E-state index contributed by atoms with van der Waals surface area (Å²) < 4.78 is 0. The summed E-state index contributed by atoms with van der Waals surface area (Å²) in [4.78, 5) is 4.94. The fourth-order valence-electron chi connectivity index (χ4n) is 3.28. The minimum atomic E-state index is 0.784. The lowest BCUT2D eigenvalue weighted by Gasteiger charge is -2.27. The van der Waals surface area contributed by atoms with Crippen molar-refractivity contribution in [1.29, 1.82) is 0 Å². The molecule has 2 aliphatic rings. The van der Waals surface area contributed by atoms with E-state index in [-0.39, 0.29) is 0 Å². The number of hydrogen-bond donors (Lipinski definition) is 1. The average Bonchev–Trinajstić information content (AvgIpc) is 2.59. The van der Waals surface area contributed by atoms with Crippen LogP contribution < -0.4 is 5.32 Å². The van der Waals surface area contributed by atoms with Gasteiger partial charge in [-0.1, -0.05) is 19.9 Å². The topological polar surface area (TPSA) is 24.9 Å². The van der Waals surface area contributed by atoms with Crippen molar-refractivity contribution >= 4 is 5.82 Å². The molecule has 1 aliphatic carbocycles. The number of anilines is 1.